The summed E-state index contributed by atoms with van der Waals surface area (Å²) in [5.74, 6) is 1.62. The van der Waals surface area contributed by atoms with Crippen molar-refractivity contribution in [3.63, 3.8) is 0 Å². The molecule has 0 fully saturated rings. The molecule has 0 amide bonds. The number of aromatic nitrogens is 5. The molecule has 22 heavy (non-hydrogen) atoms. The third-order valence-electron chi connectivity index (χ3n) is 4.23. The zero-order valence-electron chi connectivity index (χ0n) is 12.5. The summed E-state index contributed by atoms with van der Waals surface area (Å²) in [5.41, 5.74) is 2.53. The molecule has 0 spiro atoms. The van der Waals surface area contributed by atoms with E-state index >= 15 is 0 Å². The summed E-state index contributed by atoms with van der Waals surface area (Å²) >= 11 is 0. The van der Waals surface area contributed by atoms with Gasteiger partial charge in [-0.2, -0.15) is 5.10 Å². The Morgan fingerprint density at radius 2 is 2.09 bits per heavy atom. The van der Waals surface area contributed by atoms with Crippen LogP contribution in [0.25, 0.3) is 5.65 Å². The van der Waals surface area contributed by atoms with Crippen LogP contribution in [0.4, 0.5) is 5.82 Å². The van der Waals surface area contributed by atoms with Gasteiger partial charge in [-0.3, -0.25) is 9.36 Å². The van der Waals surface area contributed by atoms with Crippen molar-refractivity contribution in [3.05, 3.63) is 52.0 Å². The topological polar surface area (TPSA) is 68.3 Å². The van der Waals surface area contributed by atoms with Gasteiger partial charge in [-0.05, 0) is 13.0 Å². The highest BCUT2D eigenvalue weighted by atomic mass is 16.1. The molecule has 4 rings (SSSR count). The summed E-state index contributed by atoms with van der Waals surface area (Å²) in [6.45, 7) is 3.22. The Morgan fingerprint density at radius 3 is 2.95 bits per heavy atom. The van der Waals surface area contributed by atoms with E-state index in [9.17, 15) is 4.79 Å². The Kier molecular flexibility index (Phi) is 2.75. The van der Waals surface area contributed by atoms with Crippen LogP contribution >= 0.6 is 0 Å². The third kappa shape index (κ3) is 1.89. The maximum absolute atomic E-state index is 12.4. The lowest BCUT2D eigenvalue weighted by Crippen LogP contribution is -2.38. The van der Waals surface area contributed by atoms with Crippen LogP contribution in [0, 0.1) is 6.92 Å². The molecule has 0 saturated carbocycles. The largest absolute Gasteiger partial charge is 0.351 e. The molecule has 1 aliphatic rings. The van der Waals surface area contributed by atoms with Crippen LogP contribution in [0.2, 0.25) is 0 Å². The second-order valence-electron chi connectivity index (χ2n) is 5.54. The number of nitrogens with zero attached hydrogens (tertiary/aromatic N) is 6. The Balaban J connectivity index is 1.75. The van der Waals surface area contributed by atoms with Crippen LogP contribution in [0.5, 0.6) is 0 Å². The van der Waals surface area contributed by atoms with Crippen LogP contribution in [0.3, 0.4) is 0 Å². The second-order valence-corrected chi connectivity index (χ2v) is 5.54. The summed E-state index contributed by atoms with van der Waals surface area (Å²) < 4.78 is 3.33. The highest BCUT2D eigenvalue weighted by molar-refractivity contribution is 5.49. The number of hydrogen-bond donors (Lipinski definition) is 0. The molecule has 0 aliphatic carbocycles. The van der Waals surface area contributed by atoms with Crippen molar-refractivity contribution in [1.29, 1.82) is 0 Å². The van der Waals surface area contributed by atoms with Crippen molar-refractivity contribution in [1.82, 2.24) is 24.1 Å². The first-order valence-electron chi connectivity index (χ1n) is 7.24. The van der Waals surface area contributed by atoms with E-state index < -0.39 is 0 Å². The molecule has 1 aliphatic heterocycles. The SMILES string of the molecule is Cc1nc2c(c(=O)n1C)CN(c1ccn3nccc3n1)CC2. The Hall–Kier alpha value is -2.70. The van der Waals surface area contributed by atoms with E-state index in [1.54, 1.807) is 22.3 Å². The van der Waals surface area contributed by atoms with Crippen LogP contribution in [-0.4, -0.2) is 30.7 Å². The van der Waals surface area contributed by atoms with E-state index in [-0.39, 0.29) is 5.56 Å². The maximum atomic E-state index is 12.4. The van der Waals surface area contributed by atoms with Gasteiger partial charge in [-0.25, -0.2) is 14.5 Å². The molecule has 4 heterocycles. The van der Waals surface area contributed by atoms with E-state index in [2.05, 4.69) is 20.0 Å². The van der Waals surface area contributed by atoms with Crippen molar-refractivity contribution in [2.45, 2.75) is 19.9 Å². The smallest absolute Gasteiger partial charge is 0.258 e. The summed E-state index contributed by atoms with van der Waals surface area (Å²) in [5, 5.41) is 4.15. The molecule has 0 atom stereocenters. The van der Waals surface area contributed by atoms with Gasteiger partial charge in [0.2, 0.25) is 0 Å². The third-order valence-corrected chi connectivity index (χ3v) is 4.23. The lowest BCUT2D eigenvalue weighted by molar-refractivity contribution is 0.650. The summed E-state index contributed by atoms with van der Waals surface area (Å²) in [6.07, 6.45) is 4.37. The first-order valence-corrected chi connectivity index (χ1v) is 7.24. The molecular weight excluding hydrogens is 280 g/mol. The Bertz CT molecular complexity index is 925. The van der Waals surface area contributed by atoms with Gasteiger partial charge in [0, 0.05) is 32.3 Å². The average molecular weight is 296 g/mol. The van der Waals surface area contributed by atoms with Gasteiger partial charge >= 0.3 is 0 Å². The zero-order valence-corrected chi connectivity index (χ0v) is 12.5. The number of anilines is 1. The molecule has 112 valence electrons. The summed E-state index contributed by atoms with van der Waals surface area (Å²) in [7, 11) is 1.76. The average Bonchev–Trinajstić information content (AvgIpc) is 3.00. The van der Waals surface area contributed by atoms with Crippen molar-refractivity contribution in [3.8, 4) is 0 Å². The highest BCUT2D eigenvalue weighted by Crippen LogP contribution is 2.20. The monoisotopic (exact) mass is 296 g/mol. The van der Waals surface area contributed by atoms with Crippen molar-refractivity contribution < 1.29 is 0 Å². The zero-order chi connectivity index (χ0) is 15.3. The predicted octanol–water partition coefficient (Wildman–Crippen LogP) is 0.694. The van der Waals surface area contributed by atoms with E-state index in [4.69, 9.17) is 0 Å². The fraction of sp³-hybridized carbons (Fsp3) is 0.333. The minimum absolute atomic E-state index is 0.0395. The van der Waals surface area contributed by atoms with E-state index in [0.717, 1.165) is 41.5 Å². The van der Waals surface area contributed by atoms with Crippen LogP contribution in [0.1, 0.15) is 17.1 Å². The molecule has 3 aromatic heterocycles. The number of hydrogen-bond acceptors (Lipinski definition) is 5. The standard InChI is InChI=1S/C15H16N6O/c1-10-17-12-4-7-20(9-11(12)15(22)19(10)2)13-5-8-21-14(18-13)3-6-16-21/h3,5-6,8H,4,7,9H2,1-2H3. The van der Waals surface area contributed by atoms with Gasteiger partial charge in [-0.1, -0.05) is 0 Å². The van der Waals surface area contributed by atoms with E-state index in [1.165, 1.54) is 0 Å². The van der Waals surface area contributed by atoms with Crippen molar-refractivity contribution in [2.24, 2.45) is 7.05 Å². The molecule has 0 saturated heterocycles. The maximum Gasteiger partial charge on any atom is 0.258 e. The van der Waals surface area contributed by atoms with Crippen LogP contribution < -0.4 is 10.5 Å². The van der Waals surface area contributed by atoms with Gasteiger partial charge < -0.3 is 4.90 Å². The molecule has 0 unspecified atom stereocenters. The molecule has 7 heteroatoms. The molecule has 3 aromatic rings. The quantitative estimate of drug-likeness (QED) is 0.661. The van der Waals surface area contributed by atoms with Gasteiger partial charge in [-0.15, -0.1) is 0 Å². The van der Waals surface area contributed by atoms with Gasteiger partial charge in [0.1, 0.15) is 11.6 Å². The molecule has 0 N–H and O–H groups in total. The second kappa shape index (κ2) is 4.66. The lowest BCUT2D eigenvalue weighted by atomic mass is 10.1. The molecule has 0 bridgehead atoms. The fourth-order valence-corrected chi connectivity index (χ4v) is 2.86. The first kappa shape index (κ1) is 13.0. The van der Waals surface area contributed by atoms with Crippen molar-refractivity contribution in [2.75, 3.05) is 11.4 Å². The van der Waals surface area contributed by atoms with Crippen LogP contribution in [-0.2, 0) is 20.0 Å². The minimum Gasteiger partial charge on any atom is -0.351 e. The number of aryl methyl sites for hydroxylation is 1. The van der Waals surface area contributed by atoms with Gasteiger partial charge in [0.15, 0.2) is 5.65 Å². The van der Waals surface area contributed by atoms with Gasteiger partial charge in [0.25, 0.3) is 5.56 Å². The molecule has 0 radical (unpaired) electrons. The summed E-state index contributed by atoms with van der Waals surface area (Å²) in [6, 6.07) is 3.79. The van der Waals surface area contributed by atoms with E-state index in [0.29, 0.717) is 6.54 Å². The van der Waals surface area contributed by atoms with E-state index in [1.807, 2.05) is 25.3 Å². The van der Waals surface area contributed by atoms with Crippen LogP contribution in [0.15, 0.2) is 29.3 Å². The molecule has 0 aromatic carbocycles. The molecular formula is C15H16N6O. The van der Waals surface area contributed by atoms with Crippen molar-refractivity contribution >= 4 is 11.5 Å². The Morgan fingerprint density at radius 1 is 1.23 bits per heavy atom. The predicted molar refractivity (Wildman–Crippen MR) is 82.0 cm³/mol. The number of rotatable bonds is 1. The van der Waals surface area contributed by atoms with Gasteiger partial charge in [0.05, 0.1) is 24.0 Å². The number of fused-ring (bicyclic) bond motifs is 2. The first-order chi connectivity index (χ1) is 10.6. The summed E-state index contributed by atoms with van der Waals surface area (Å²) in [4.78, 5) is 23.7. The highest BCUT2D eigenvalue weighted by Gasteiger charge is 2.22. The Labute approximate surface area is 126 Å². The fourth-order valence-electron chi connectivity index (χ4n) is 2.86. The molecule has 7 nitrogen and oxygen atoms in total. The lowest BCUT2D eigenvalue weighted by Gasteiger charge is -2.29. The minimum atomic E-state index is 0.0395. The normalized spacial score (nSPS) is 14.4.